The maximum atomic E-state index is 12.0. The number of nitrogens with two attached hydrogens (primary N) is 1. The van der Waals surface area contributed by atoms with E-state index in [0.717, 1.165) is 24.5 Å². The lowest BCUT2D eigenvalue weighted by Gasteiger charge is -2.16. The molecule has 0 bridgehead atoms. The number of hydrogen-bond acceptors (Lipinski definition) is 3. The molecule has 4 heteroatoms. The molecule has 2 unspecified atom stereocenters. The zero-order valence-corrected chi connectivity index (χ0v) is 11.6. The van der Waals surface area contributed by atoms with Gasteiger partial charge in [-0.25, -0.2) is 0 Å². The molecule has 0 spiro atoms. The number of rotatable bonds is 3. The van der Waals surface area contributed by atoms with Gasteiger partial charge in [0, 0.05) is 11.7 Å². The van der Waals surface area contributed by atoms with Crippen LogP contribution in [0.25, 0.3) is 0 Å². The summed E-state index contributed by atoms with van der Waals surface area (Å²) in [4.78, 5) is 16.1. The van der Waals surface area contributed by atoms with Gasteiger partial charge in [-0.15, -0.1) is 0 Å². The molecule has 2 atom stereocenters. The second-order valence-electron chi connectivity index (χ2n) is 5.64. The van der Waals surface area contributed by atoms with Crippen LogP contribution in [0.15, 0.2) is 18.3 Å². The van der Waals surface area contributed by atoms with Crippen LogP contribution in [0.1, 0.15) is 44.7 Å². The predicted octanol–water partition coefficient (Wildman–Crippen LogP) is 2.29. The molecule has 0 saturated heterocycles. The molecule has 1 saturated carbocycles. The molecule has 0 aromatic carbocycles. The van der Waals surface area contributed by atoms with Gasteiger partial charge < -0.3 is 11.1 Å². The van der Waals surface area contributed by atoms with Crippen molar-refractivity contribution in [2.75, 3.05) is 5.73 Å². The summed E-state index contributed by atoms with van der Waals surface area (Å²) in [5, 5.41) is 3.13. The average molecular weight is 261 g/mol. The summed E-state index contributed by atoms with van der Waals surface area (Å²) in [6.07, 6.45) is 7.85. The van der Waals surface area contributed by atoms with E-state index < -0.39 is 0 Å². The van der Waals surface area contributed by atoms with Gasteiger partial charge >= 0.3 is 0 Å². The molecule has 0 radical (unpaired) electrons. The van der Waals surface area contributed by atoms with Crippen molar-refractivity contribution in [1.29, 1.82) is 0 Å². The van der Waals surface area contributed by atoms with Gasteiger partial charge in [0.1, 0.15) is 0 Å². The molecule has 1 aliphatic carbocycles. The van der Waals surface area contributed by atoms with Crippen molar-refractivity contribution in [1.82, 2.24) is 10.3 Å². The molecule has 3 N–H and O–H groups in total. The largest absolute Gasteiger partial charge is 0.397 e. The van der Waals surface area contributed by atoms with Crippen LogP contribution in [0.3, 0.4) is 0 Å². The number of pyridine rings is 1. The second kappa shape index (κ2) is 6.55. The van der Waals surface area contributed by atoms with Crippen LogP contribution >= 0.6 is 0 Å². The highest BCUT2D eigenvalue weighted by molar-refractivity contribution is 5.78. The van der Waals surface area contributed by atoms with Crippen molar-refractivity contribution in [3.8, 4) is 0 Å². The van der Waals surface area contributed by atoms with Crippen molar-refractivity contribution >= 4 is 11.6 Å². The monoisotopic (exact) mass is 261 g/mol. The van der Waals surface area contributed by atoms with Gasteiger partial charge in [-0.2, -0.15) is 0 Å². The Morgan fingerprint density at radius 1 is 1.37 bits per heavy atom. The van der Waals surface area contributed by atoms with Crippen LogP contribution in [-0.2, 0) is 11.2 Å². The van der Waals surface area contributed by atoms with Crippen molar-refractivity contribution in [3.05, 3.63) is 24.0 Å². The van der Waals surface area contributed by atoms with E-state index in [9.17, 15) is 4.79 Å². The van der Waals surface area contributed by atoms with Gasteiger partial charge in [0.15, 0.2) is 0 Å². The Kier molecular flexibility index (Phi) is 4.77. The van der Waals surface area contributed by atoms with Crippen LogP contribution in [0.2, 0.25) is 0 Å². The highest BCUT2D eigenvalue weighted by atomic mass is 16.1. The average Bonchev–Trinajstić information content (AvgIpc) is 2.57. The van der Waals surface area contributed by atoms with Gasteiger partial charge in [-0.1, -0.05) is 19.8 Å². The number of carbonyl (C=O) groups excluding carboxylic acids is 1. The quantitative estimate of drug-likeness (QED) is 0.820. The summed E-state index contributed by atoms with van der Waals surface area (Å²) in [5.74, 6) is 0.859. The Balaban J connectivity index is 1.82. The zero-order chi connectivity index (χ0) is 13.7. The lowest BCUT2D eigenvalue weighted by molar-refractivity contribution is -0.121. The third-order valence-electron chi connectivity index (χ3n) is 3.81. The molecule has 1 aliphatic rings. The molecule has 1 heterocycles. The molecule has 1 amide bonds. The van der Waals surface area contributed by atoms with E-state index >= 15 is 0 Å². The van der Waals surface area contributed by atoms with E-state index in [1.165, 1.54) is 19.3 Å². The summed E-state index contributed by atoms with van der Waals surface area (Å²) in [5.41, 5.74) is 6.97. The summed E-state index contributed by atoms with van der Waals surface area (Å²) in [7, 11) is 0. The van der Waals surface area contributed by atoms with E-state index in [4.69, 9.17) is 5.73 Å². The molecule has 1 aromatic rings. The van der Waals surface area contributed by atoms with Crippen molar-refractivity contribution < 1.29 is 4.79 Å². The SMILES string of the molecule is CC1CCCC(NC(=O)Cc2ccc(N)cn2)CC1. The first-order valence-corrected chi connectivity index (χ1v) is 7.13. The fraction of sp³-hybridized carbons (Fsp3) is 0.600. The van der Waals surface area contributed by atoms with Crippen molar-refractivity contribution in [3.63, 3.8) is 0 Å². The molecule has 1 aromatic heterocycles. The number of anilines is 1. The van der Waals surface area contributed by atoms with Gasteiger partial charge in [-0.3, -0.25) is 9.78 Å². The number of hydrogen-bond donors (Lipinski definition) is 2. The molecule has 0 aliphatic heterocycles. The van der Waals surface area contributed by atoms with Gasteiger partial charge in [0.05, 0.1) is 18.3 Å². The van der Waals surface area contributed by atoms with Gasteiger partial charge in [0.25, 0.3) is 0 Å². The molecule has 104 valence electrons. The minimum Gasteiger partial charge on any atom is -0.397 e. The fourth-order valence-electron chi connectivity index (χ4n) is 2.62. The maximum absolute atomic E-state index is 12.0. The number of carbonyl (C=O) groups is 1. The first kappa shape index (κ1) is 13.8. The molecule has 2 rings (SSSR count). The topological polar surface area (TPSA) is 68.0 Å². The minimum absolute atomic E-state index is 0.0665. The minimum atomic E-state index is 0.0665. The number of nitrogens with zero attached hydrogens (tertiary/aromatic N) is 1. The van der Waals surface area contributed by atoms with E-state index in [1.807, 2.05) is 6.07 Å². The first-order chi connectivity index (χ1) is 9.13. The Labute approximate surface area is 114 Å². The summed E-state index contributed by atoms with van der Waals surface area (Å²) in [6, 6.07) is 3.93. The lowest BCUT2D eigenvalue weighted by Crippen LogP contribution is -2.35. The Hall–Kier alpha value is -1.58. The molecular formula is C15H23N3O. The van der Waals surface area contributed by atoms with Crippen LogP contribution < -0.4 is 11.1 Å². The van der Waals surface area contributed by atoms with E-state index in [1.54, 1.807) is 12.3 Å². The highest BCUT2D eigenvalue weighted by Gasteiger charge is 2.18. The zero-order valence-electron chi connectivity index (χ0n) is 11.6. The number of nitrogens with one attached hydrogen (secondary N) is 1. The summed E-state index contributed by atoms with van der Waals surface area (Å²) < 4.78 is 0. The van der Waals surface area contributed by atoms with E-state index in [-0.39, 0.29) is 5.91 Å². The van der Waals surface area contributed by atoms with Crippen LogP contribution in [0.5, 0.6) is 0 Å². The second-order valence-corrected chi connectivity index (χ2v) is 5.64. The molecule has 19 heavy (non-hydrogen) atoms. The predicted molar refractivity (Wildman–Crippen MR) is 76.5 cm³/mol. The Bertz CT molecular complexity index is 416. The van der Waals surface area contributed by atoms with Crippen molar-refractivity contribution in [2.24, 2.45) is 5.92 Å². The summed E-state index contributed by atoms with van der Waals surface area (Å²) in [6.45, 7) is 2.29. The van der Waals surface area contributed by atoms with Crippen molar-refractivity contribution in [2.45, 2.75) is 51.5 Å². The number of nitrogen functional groups attached to an aromatic ring is 1. The third-order valence-corrected chi connectivity index (χ3v) is 3.81. The smallest absolute Gasteiger partial charge is 0.226 e. The fourth-order valence-corrected chi connectivity index (χ4v) is 2.62. The summed E-state index contributed by atoms with van der Waals surface area (Å²) >= 11 is 0. The number of amides is 1. The molecule has 1 fully saturated rings. The number of aromatic nitrogens is 1. The highest BCUT2D eigenvalue weighted by Crippen LogP contribution is 2.22. The third kappa shape index (κ3) is 4.54. The van der Waals surface area contributed by atoms with Gasteiger partial charge in [-0.05, 0) is 37.3 Å². The van der Waals surface area contributed by atoms with E-state index in [2.05, 4.69) is 17.2 Å². The van der Waals surface area contributed by atoms with Gasteiger partial charge in [0.2, 0.25) is 5.91 Å². The maximum Gasteiger partial charge on any atom is 0.226 e. The van der Waals surface area contributed by atoms with Crippen LogP contribution in [0.4, 0.5) is 5.69 Å². The first-order valence-electron chi connectivity index (χ1n) is 7.13. The molecular weight excluding hydrogens is 238 g/mol. The lowest BCUT2D eigenvalue weighted by atomic mass is 10.0. The van der Waals surface area contributed by atoms with Crippen LogP contribution in [-0.4, -0.2) is 16.9 Å². The Morgan fingerprint density at radius 3 is 2.95 bits per heavy atom. The normalized spacial score (nSPS) is 23.6. The molecule has 4 nitrogen and oxygen atoms in total. The standard InChI is InChI=1S/C15H23N3O/c1-11-3-2-4-13(7-5-11)18-15(19)9-14-8-6-12(16)10-17-14/h6,8,10-11,13H,2-5,7,9,16H2,1H3,(H,18,19). The van der Waals surface area contributed by atoms with Crippen LogP contribution in [0, 0.1) is 5.92 Å². The van der Waals surface area contributed by atoms with E-state index in [0.29, 0.717) is 18.2 Å². The Morgan fingerprint density at radius 2 is 2.21 bits per heavy atom.